The molecule has 32 heavy (non-hydrogen) atoms. The van der Waals surface area contributed by atoms with E-state index in [4.69, 9.17) is 0 Å². The topological polar surface area (TPSA) is 103 Å². The summed E-state index contributed by atoms with van der Waals surface area (Å²) in [4.78, 5) is 15.8. The molecule has 3 aliphatic heterocycles. The predicted octanol–water partition coefficient (Wildman–Crippen LogP) is 1.75. The van der Waals surface area contributed by atoms with Gasteiger partial charge < -0.3 is 10.2 Å². The Morgan fingerprint density at radius 2 is 1.88 bits per heavy atom. The Morgan fingerprint density at radius 1 is 1.12 bits per heavy atom. The van der Waals surface area contributed by atoms with E-state index in [9.17, 15) is 13.2 Å². The maximum Gasteiger partial charge on any atom is 0.228 e. The Hall–Kier alpha value is -0.0400. The minimum Gasteiger partial charge on any atom is -0.313 e. The van der Waals surface area contributed by atoms with E-state index in [0.717, 1.165) is 25.7 Å². The first kappa shape index (κ1) is 23.7. The maximum absolute atomic E-state index is 13.8. The number of hydrogen-bond donors (Lipinski definition) is 4. The third-order valence-electron chi connectivity index (χ3n) is 8.01. The van der Waals surface area contributed by atoms with E-state index in [1.165, 1.54) is 0 Å². The highest BCUT2D eigenvalue weighted by Gasteiger charge is 2.56. The van der Waals surface area contributed by atoms with Crippen LogP contribution in [0.5, 0.6) is 0 Å². The van der Waals surface area contributed by atoms with Crippen molar-refractivity contribution in [2.45, 2.75) is 111 Å². The van der Waals surface area contributed by atoms with Crippen molar-refractivity contribution in [1.82, 2.24) is 25.8 Å². The van der Waals surface area contributed by atoms with Gasteiger partial charge in [0.1, 0.15) is 5.50 Å². The number of nitrogens with zero attached hydrogens (tertiary/aromatic N) is 1. The van der Waals surface area contributed by atoms with Crippen LogP contribution >= 0.6 is 23.5 Å². The summed E-state index contributed by atoms with van der Waals surface area (Å²) in [5, 5.41) is 4.19. The number of carbonyl (C=O) groups is 1. The zero-order chi connectivity index (χ0) is 22.8. The number of fused-ring (bicyclic) bond motifs is 1. The third-order valence-corrected chi connectivity index (χ3v) is 12.7. The summed E-state index contributed by atoms with van der Waals surface area (Å²) in [5.41, 5.74) is 6.10. The van der Waals surface area contributed by atoms with E-state index >= 15 is 0 Å². The molecule has 5 fully saturated rings. The van der Waals surface area contributed by atoms with Gasteiger partial charge in [-0.25, -0.2) is 24.0 Å². The van der Waals surface area contributed by atoms with Gasteiger partial charge in [0.25, 0.3) is 0 Å². The first-order valence-electron chi connectivity index (χ1n) is 12.0. The van der Waals surface area contributed by atoms with Crippen LogP contribution in [-0.4, -0.2) is 63.6 Å². The molecule has 2 aliphatic carbocycles. The molecule has 11 heteroatoms. The SMILES string of the molecule is CC1NC(C)C(CC2C(=O)N(C3NNC(C)S3)C3CC(S(=O)(=O)NC4(C)CC4)CCC23)S1. The molecular weight excluding hydrogens is 466 g/mol. The Labute approximate surface area is 200 Å². The zero-order valence-corrected chi connectivity index (χ0v) is 21.8. The molecule has 9 unspecified atom stereocenters. The number of carbonyl (C=O) groups excluding carboxylic acids is 1. The summed E-state index contributed by atoms with van der Waals surface area (Å²) in [7, 11) is -3.39. The molecule has 8 nitrogen and oxygen atoms in total. The first-order chi connectivity index (χ1) is 15.1. The van der Waals surface area contributed by atoms with E-state index in [-0.39, 0.29) is 40.2 Å². The number of rotatable bonds is 6. The normalized spacial score (nSPS) is 45.9. The zero-order valence-electron chi connectivity index (χ0n) is 19.3. The predicted molar refractivity (Wildman–Crippen MR) is 130 cm³/mol. The summed E-state index contributed by atoms with van der Waals surface area (Å²) in [6.45, 7) is 8.45. The van der Waals surface area contributed by atoms with E-state index in [1.54, 1.807) is 11.8 Å². The lowest BCUT2D eigenvalue weighted by Gasteiger charge is -2.38. The summed E-state index contributed by atoms with van der Waals surface area (Å²) < 4.78 is 29.3. The number of sulfonamides is 1. The summed E-state index contributed by atoms with van der Waals surface area (Å²) >= 11 is 3.63. The van der Waals surface area contributed by atoms with Crippen LogP contribution in [-0.2, 0) is 14.8 Å². The Bertz CT molecular complexity index is 854. The molecule has 1 amide bonds. The smallest absolute Gasteiger partial charge is 0.228 e. The van der Waals surface area contributed by atoms with E-state index in [0.29, 0.717) is 29.5 Å². The molecule has 0 radical (unpaired) electrons. The second-order valence-electron chi connectivity index (χ2n) is 10.7. The molecule has 5 aliphatic rings. The second kappa shape index (κ2) is 8.57. The van der Waals surface area contributed by atoms with Crippen molar-refractivity contribution in [3.05, 3.63) is 0 Å². The van der Waals surface area contributed by atoms with Crippen molar-refractivity contribution in [1.29, 1.82) is 0 Å². The molecule has 2 saturated carbocycles. The van der Waals surface area contributed by atoms with Crippen LogP contribution in [0, 0.1) is 11.8 Å². The fraction of sp³-hybridized carbons (Fsp3) is 0.952. The number of hydrazine groups is 1. The molecule has 0 bridgehead atoms. The van der Waals surface area contributed by atoms with Crippen molar-refractivity contribution in [2.75, 3.05) is 0 Å². The van der Waals surface area contributed by atoms with Crippen molar-refractivity contribution in [2.24, 2.45) is 11.8 Å². The van der Waals surface area contributed by atoms with Gasteiger partial charge in [0.05, 0.1) is 16.0 Å². The first-order valence-corrected chi connectivity index (χ1v) is 15.4. The minimum atomic E-state index is -3.39. The highest BCUT2D eigenvalue weighted by atomic mass is 32.2. The number of nitrogens with one attached hydrogen (secondary N) is 4. The van der Waals surface area contributed by atoms with Gasteiger partial charge >= 0.3 is 0 Å². The molecule has 4 N–H and O–H groups in total. The fourth-order valence-corrected chi connectivity index (χ4v) is 10.5. The van der Waals surface area contributed by atoms with E-state index in [1.807, 2.05) is 23.6 Å². The van der Waals surface area contributed by atoms with Gasteiger partial charge in [-0.1, -0.05) is 0 Å². The van der Waals surface area contributed by atoms with Gasteiger partial charge in [-0.05, 0) is 72.1 Å². The van der Waals surface area contributed by atoms with Gasteiger partial charge in [-0.15, -0.1) is 23.5 Å². The van der Waals surface area contributed by atoms with Gasteiger partial charge in [0.15, 0.2) is 0 Å². The Balaban J connectivity index is 1.37. The van der Waals surface area contributed by atoms with Gasteiger partial charge in [-0.3, -0.25) is 4.79 Å². The average molecular weight is 504 g/mol. The third kappa shape index (κ3) is 4.47. The summed E-state index contributed by atoms with van der Waals surface area (Å²) in [5.74, 6) is 0.406. The minimum absolute atomic E-state index is 0.0251. The molecule has 3 heterocycles. The van der Waals surface area contributed by atoms with E-state index in [2.05, 4.69) is 41.7 Å². The van der Waals surface area contributed by atoms with Crippen molar-refractivity contribution in [3.8, 4) is 0 Å². The van der Waals surface area contributed by atoms with Gasteiger partial charge in [0, 0.05) is 28.8 Å². The standard InChI is InChI=1S/C21H37N5O3S3/c1-11-18(30-12(2)22-11)10-16-15-6-5-14(32(28,29)25-21(4)7-8-21)9-17(15)26(19(16)27)20-24-23-13(3)31-20/h11-18,20,22-25H,5-10H2,1-4H3. The highest BCUT2D eigenvalue weighted by Crippen LogP contribution is 2.48. The van der Waals surface area contributed by atoms with E-state index < -0.39 is 15.3 Å². The molecule has 5 rings (SSSR count). The molecule has 0 spiro atoms. The lowest BCUT2D eigenvalue weighted by Crippen LogP contribution is -2.52. The fourth-order valence-electron chi connectivity index (χ4n) is 6.02. The van der Waals surface area contributed by atoms with Crippen LogP contribution in [0.3, 0.4) is 0 Å². The monoisotopic (exact) mass is 503 g/mol. The molecule has 0 aromatic carbocycles. The number of likely N-dealkylation sites (tertiary alicyclic amines) is 1. The van der Waals surface area contributed by atoms with Crippen LogP contribution in [0.15, 0.2) is 0 Å². The number of thioether (sulfide) groups is 2. The molecule has 182 valence electrons. The van der Waals surface area contributed by atoms with Crippen LogP contribution < -0.4 is 20.9 Å². The van der Waals surface area contributed by atoms with Crippen LogP contribution in [0.4, 0.5) is 0 Å². The van der Waals surface area contributed by atoms with Crippen molar-refractivity contribution < 1.29 is 13.2 Å². The van der Waals surface area contributed by atoms with Crippen LogP contribution in [0.2, 0.25) is 0 Å². The lowest BCUT2D eigenvalue weighted by atomic mass is 9.77. The molecular formula is C21H37N5O3S3. The number of amides is 1. The molecule has 3 saturated heterocycles. The Kier molecular flexibility index (Phi) is 6.34. The Morgan fingerprint density at radius 3 is 2.47 bits per heavy atom. The van der Waals surface area contributed by atoms with Crippen LogP contribution in [0.1, 0.15) is 66.2 Å². The molecule has 0 aromatic rings. The van der Waals surface area contributed by atoms with Gasteiger partial charge in [-0.2, -0.15) is 0 Å². The summed E-state index contributed by atoms with van der Waals surface area (Å²) in [6, 6.07) is 0.357. The maximum atomic E-state index is 13.8. The van der Waals surface area contributed by atoms with Gasteiger partial charge in [0.2, 0.25) is 15.9 Å². The quantitative estimate of drug-likeness (QED) is 0.435. The summed E-state index contributed by atoms with van der Waals surface area (Å²) in [6.07, 6.45) is 4.67. The highest BCUT2D eigenvalue weighted by molar-refractivity contribution is 8.00. The average Bonchev–Trinajstić information content (AvgIpc) is 3.01. The molecule has 9 atom stereocenters. The number of hydrogen-bond acceptors (Lipinski definition) is 8. The molecule has 0 aromatic heterocycles. The second-order valence-corrected chi connectivity index (χ2v) is 15.6. The largest absolute Gasteiger partial charge is 0.313 e. The van der Waals surface area contributed by atoms with Crippen molar-refractivity contribution in [3.63, 3.8) is 0 Å². The van der Waals surface area contributed by atoms with Crippen LogP contribution in [0.25, 0.3) is 0 Å². The lowest BCUT2D eigenvalue weighted by molar-refractivity contribution is -0.133. The van der Waals surface area contributed by atoms with Crippen molar-refractivity contribution >= 4 is 39.5 Å².